The van der Waals surface area contributed by atoms with E-state index in [2.05, 4.69) is 6.58 Å². The Morgan fingerprint density at radius 2 is 2.03 bits per heavy atom. The molecule has 1 fully saturated rings. The Hall–Kier alpha value is -2.51. The monoisotopic (exact) mass is 402 g/mol. The summed E-state index contributed by atoms with van der Waals surface area (Å²) in [6, 6.07) is 3.66. The predicted octanol–water partition coefficient (Wildman–Crippen LogP) is 2.58. The molecule has 0 aromatic heterocycles. The fourth-order valence-electron chi connectivity index (χ4n) is 5.43. The normalized spacial score (nSPS) is 34.7. The van der Waals surface area contributed by atoms with Gasteiger partial charge in [-0.2, -0.15) is 0 Å². The summed E-state index contributed by atoms with van der Waals surface area (Å²) >= 11 is 0. The van der Waals surface area contributed by atoms with Gasteiger partial charge in [0.1, 0.15) is 6.10 Å². The van der Waals surface area contributed by atoms with Crippen molar-refractivity contribution in [2.75, 3.05) is 28.1 Å². The highest BCUT2D eigenvalue weighted by molar-refractivity contribution is 6.04. The number of hydrogen-bond donors (Lipinski definition) is 1. The lowest BCUT2D eigenvalue weighted by molar-refractivity contribution is -0.162. The molecular weight excluding hydrogens is 376 g/mol. The highest BCUT2D eigenvalue weighted by Crippen LogP contribution is 2.64. The molecule has 1 heterocycles. The number of carbonyl (C=O) groups is 1. The Morgan fingerprint density at radius 3 is 2.66 bits per heavy atom. The second kappa shape index (κ2) is 6.78. The number of ketones is 1. The van der Waals surface area contributed by atoms with Gasteiger partial charge in [-0.25, -0.2) is 0 Å². The van der Waals surface area contributed by atoms with Crippen LogP contribution < -0.4 is 14.2 Å². The van der Waals surface area contributed by atoms with Crippen LogP contribution in [0.5, 0.6) is 17.2 Å². The molecule has 1 saturated carbocycles. The van der Waals surface area contributed by atoms with Crippen LogP contribution >= 0.6 is 0 Å². The van der Waals surface area contributed by atoms with E-state index >= 15 is 0 Å². The zero-order valence-electron chi connectivity index (χ0n) is 17.1. The molecule has 1 N–H and O–H groups in total. The van der Waals surface area contributed by atoms with E-state index in [0.29, 0.717) is 23.7 Å². The van der Waals surface area contributed by atoms with Crippen molar-refractivity contribution in [2.24, 2.45) is 11.3 Å². The van der Waals surface area contributed by atoms with Gasteiger partial charge in [0.25, 0.3) is 0 Å². The number of aliphatic hydroxyl groups is 1. The highest BCUT2D eigenvalue weighted by Gasteiger charge is 2.72. The summed E-state index contributed by atoms with van der Waals surface area (Å²) in [4.78, 5) is 13.5. The maximum Gasteiger partial charge on any atom is 0.232 e. The van der Waals surface area contributed by atoms with E-state index in [9.17, 15) is 9.90 Å². The topological polar surface area (TPSA) is 83.5 Å². The van der Waals surface area contributed by atoms with Gasteiger partial charge in [0.05, 0.1) is 14.2 Å². The summed E-state index contributed by atoms with van der Waals surface area (Å²) in [6.45, 7) is 5.97. The van der Waals surface area contributed by atoms with Gasteiger partial charge in [0.15, 0.2) is 22.9 Å². The largest absolute Gasteiger partial charge is 0.493 e. The van der Waals surface area contributed by atoms with Gasteiger partial charge in [-0.3, -0.25) is 4.79 Å². The van der Waals surface area contributed by atoms with Crippen molar-refractivity contribution in [2.45, 2.75) is 31.0 Å². The first kappa shape index (κ1) is 19.8. The summed E-state index contributed by atoms with van der Waals surface area (Å²) in [6.07, 6.45) is 2.90. The molecule has 1 aromatic rings. The molecule has 0 amide bonds. The molecule has 156 valence electrons. The molecule has 3 aliphatic rings. The van der Waals surface area contributed by atoms with Crippen LogP contribution in [-0.4, -0.2) is 50.7 Å². The summed E-state index contributed by atoms with van der Waals surface area (Å²) in [7, 11) is 4.45. The Bertz CT molecular complexity index is 891. The molecular formula is C22H26O7. The van der Waals surface area contributed by atoms with Crippen LogP contribution in [0, 0.1) is 11.3 Å². The zero-order chi connectivity index (χ0) is 21.0. The van der Waals surface area contributed by atoms with Crippen LogP contribution in [0.3, 0.4) is 0 Å². The molecule has 29 heavy (non-hydrogen) atoms. The summed E-state index contributed by atoms with van der Waals surface area (Å²) in [5.41, 5.74) is -1.49. The van der Waals surface area contributed by atoms with E-state index in [4.69, 9.17) is 23.7 Å². The number of methoxy groups -OCH3 is 3. The average Bonchev–Trinajstić information content (AvgIpc) is 3.24. The third-order valence-electron chi connectivity index (χ3n) is 6.80. The number of hydrogen-bond acceptors (Lipinski definition) is 7. The molecule has 1 aromatic carbocycles. The van der Waals surface area contributed by atoms with Crippen LogP contribution in [0.2, 0.25) is 0 Å². The number of benzene rings is 1. The molecule has 4 rings (SSSR count). The third-order valence-corrected chi connectivity index (χ3v) is 6.80. The van der Waals surface area contributed by atoms with Crippen LogP contribution in [0.25, 0.3) is 0 Å². The first-order chi connectivity index (χ1) is 13.9. The van der Waals surface area contributed by atoms with Gasteiger partial charge >= 0.3 is 0 Å². The summed E-state index contributed by atoms with van der Waals surface area (Å²) < 4.78 is 27.8. The lowest BCUT2D eigenvalue weighted by Gasteiger charge is -2.41. The number of ether oxygens (including phenoxy) is 5. The van der Waals surface area contributed by atoms with Crippen molar-refractivity contribution < 1.29 is 33.6 Å². The Labute approximate surface area is 169 Å². The van der Waals surface area contributed by atoms with Gasteiger partial charge in [0, 0.05) is 18.4 Å². The van der Waals surface area contributed by atoms with Crippen LogP contribution in [0.15, 0.2) is 36.6 Å². The van der Waals surface area contributed by atoms with E-state index in [1.165, 1.54) is 14.2 Å². The Morgan fingerprint density at radius 1 is 1.28 bits per heavy atom. The second-order valence-corrected chi connectivity index (χ2v) is 7.77. The van der Waals surface area contributed by atoms with Crippen molar-refractivity contribution >= 4 is 5.78 Å². The minimum atomic E-state index is -1.50. The van der Waals surface area contributed by atoms with E-state index in [-0.39, 0.29) is 24.3 Å². The fourth-order valence-corrected chi connectivity index (χ4v) is 5.43. The molecule has 5 atom stereocenters. The van der Waals surface area contributed by atoms with Gasteiger partial charge in [-0.1, -0.05) is 13.0 Å². The SMILES string of the molecule is C=CC[C@]12C=C(OC)C(=O)[C@](OC)([C@H](c3cc(OC)c4c(c3)OCO4)[C@H]1C)[C@@H]2O. The van der Waals surface area contributed by atoms with E-state index in [0.717, 1.165) is 5.56 Å². The van der Waals surface area contributed by atoms with E-state index in [1.54, 1.807) is 19.3 Å². The van der Waals surface area contributed by atoms with Gasteiger partial charge in [-0.05, 0) is 36.1 Å². The van der Waals surface area contributed by atoms with Gasteiger partial charge in [-0.15, -0.1) is 6.58 Å². The molecule has 0 unspecified atom stereocenters. The predicted molar refractivity (Wildman–Crippen MR) is 104 cm³/mol. The first-order valence-corrected chi connectivity index (χ1v) is 9.54. The molecule has 0 saturated heterocycles. The number of aliphatic hydroxyl groups excluding tert-OH is 1. The average molecular weight is 402 g/mol. The molecule has 7 heteroatoms. The Balaban J connectivity index is 1.96. The minimum absolute atomic E-state index is 0.0993. The maximum atomic E-state index is 13.5. The molecule has 0 spiro atoms. The number of carbonyl (C=O) groups excluding carboxylic acids is 1. The van der Waals surface area contributed by atoms with E-state index in [1.807, 2.05) is 19.1 Å². The van der Waals surface area contributed by atoms with Crippen molar-refractivity contribution in [3.63, 3.8) is 0 Å². The lowest BCUT2D eigenvalue weighted by atomic mass is 9.70. The summed E-state index contributed by atoms with van der Waals surface area (Å²) in [5.74, 6) is 0.759. The standard InChI is InChI=1S/C22H26O7/c1-6-7-21-10-16(26-4)19(23)22(27-5,20(21)24)17(12(21)2)13-8-14(25-3)18-15(9-13)28-11-29-18/h6,8-10,12,17,20,24H,1,7,11H2,2-5H3/t12-,17+,20-,21+,22-/m1/s1. The van der Waals surface area contributed by atoms with Crippen LogP contribution in [0.4, 0.5) is 0 Å². The number of fused-ring (bicyclic) bond motifs is 3. The van der Waals surface area contributed by atoms with Crippen molar-refractivity contribution in [3.8, 4) is 17.2 Å². The van der Waals surface area contributed by atoms with E-state index < -0.39 is 23.0 Å². The van der Waals surface area contributed by atoms with Crippen molar-refractivity contribution in [1.29, 1.82) is 0 Å². The fraction of sp³-hybridized carbons (Fsp3) is 0.500. The maximum absolute atomic E-state index is 13.5. The van der Waals surface area contributed by atoms with Crippen molar-refractivity contribution in [1.82, 2.24) is 0 Å². The quantitative estimate of drug-likeness (QED) is 0.732. The number of Topliss-reactive ketones (excluding diaryl/α,β-unsaturated/α-hetero) is 1. The van der Waals surface area contributed by atoms with Gasteiger partial charge < -0.3 is 28.8 Å². The molecule has 2 bridgehead atoms. The van der Waals surface area contributed by atoms with Crippen LogP contribution in [-0.2, 0) is 14.3 Å². The Kier molecular flexibility index (Phi) is 4.63. The molecule has 7 nitrogen and oxygen atoms in total. The van der Waals surface area contributed by atoms with Crippen molar-refractivity contribution in [3.05, 3.63) is 42.2 Å². The first-order valence-electron chi connectivity index (χ1n) is 9.54. The molecule has 1 aliphatic heterocycles. The van der Waals surface area contributed by atoms with Crippen LogP contribution in [0.1, 0.15) is 24.8 Å². The lowest BCUT2D eigenvalue weighted by Crippen LogP contribution is -2.57. The highest BCUT2D eigenvalue weighted by atomic mass is 16.7. The zero-order valence-corrected chi connectivity index (χ0v) is 17.1. The number of allylic oxidation sites excluding steroid dienone is 1. The summed E-state index contributed by atoms with van der Waals surface area (Å²) in [5, 5.41) is 11.5. The smallest absolute Gasteiger partial charge is 0.232 e. The minimum Gasteiger partial charge on any atom is -0.493 e. The molecule has 0 radical (unpaired) electrons. The number of rotatable bonds is 6. The van der Waals surface area contributed by atoms with Gasteiger partial charge in [0.2, 0.25) is 18.3 Å². The third kappa shape index (κ3) is 2.34. The molecule has 2 aliphatic carbocycles. The second-order valence-electron chi connectivity index (χ2n) is 7.77.